The molecule has 0 aromatic heterocycles. The van der Waals surface area contributed by atoms with Gasteiger partial charge in [0.1, 0.15) is 11.5 Å². The molecule has 2 aromatic rings. The topological polar surface area (TPSA) is 40.5 Å². The molecule has 2 nitrogen and oxygen atoms in total. The van der Waals surface area contributed by atoms with Crippen molar-refractivity contribution in [3.63, 3.8) is 0 Å². The largest absolute Gasteiger partial charge is 0.507 e. The van der Waals surface area contributed by atoms with E-state index in [-0.39, 0.29) is 17.4 Å². The van der Waals surface area contributed by atoms with Crippen molar-refractivity contribution in [2.24, 2.45) is 11.8 Å². The van der Waals surface area contributed by atoms with Crippen LogP contribution < -0.4 is 0 Å². The lowest BCUT2D eigenvalue weighted by Gasteiger charge is -2.33. The number of aromatic hydroxyl groups is 2. The van der Waals surface area contributed by atoms with Crippen LogP contribution in [-0.4, -0.2) is 10.2 Å². The van der Waals surface area contributed by atoms with Crippen molar-refractivity contribution in [3.05, 3.63) is 70.8 Å². The van der Waals surface area contributed by atoms with E-state index in [1.165, 1.54) is 5.57 Å². The lowest BCUT2D eigenvalue weighted by molar-refractivity contribution is 0.304. The first-order valence-corrected chi connectivity index (χ1v) is 9.42. The maximum Gasteiger partial charge on any atom is 0.123 e. The van der Waals surface area contributed by atoms with E-state index in [2.05, 4.69) is 26.8 Å². The second kappa shape index (κ2) is 7.82. The number of hydrogen-bond donors (Lipinski definition) is 2. The van der Waals surface area contributed by atoms with Crippen molar-refractivity contribution >= 4 is 12.2 Å². The average Bonchev–Trinajstić information content (AvgIpc) is 2.60. The predicted molar refractivity (Wildman–Crippen MR) is 109 cm³/mol. The minimum atomic E-state index is 0.0657. The van der Waals surface area contributed by atoms with Crippen LogP contribution in [0.25, 0.3) is 12.2 Å². The Bertz CT molecular complexity index is 792. The molecule has 3 rings (SSSR count). The van der Waals surface area contributed by atoms with Crippen LogP contribution in [0.2, 0.25) is 0 Å². The normalized spacial score (nSPS) is 20.5. The SMILES string of the molecule is CC1=C[C@@H](c2c(O)cc(/C=C/c3ccccc3)cc2O)C(C(C)C)CC1. The van der Waals surface area contributed by atoms with Crippen molar-refractivity contribution in [1.29, 1.82) is 0 Å². The highest BCUT2D eigenvalue weighted by Crippen LogP contribution is 2.46. The molecule has 2 aromatic carbocycles. The zero-order chi connectivity index (χ0) is 18.7. The highest BCUT2D eigenvalue weighted by atomic mass is 16.3. The van der Waals surface area contributed by atoms with Crippen LogP contribution in [0, 0.1) is 11.8 Å². The molecule has 26 heavy (non-hydrogen) atoms. The number of allylic oxidation sites excluding steroid dienone is 2. The summed E-state index contributed by atoms with van der Waals surface area (Å²) in [4.78, 5) is 0. The summed E-state index contributed by atoms with van der Waals surface area (Å²) in [5.41, 5.74) is 3.88. The Morgan fingerprint density at radius 2 is 1.58 bits per heavy atom. The Kier molecular flexibility index (Phi) is 5.51. The van der Waals surface area contributed by atoms with Crippen molar-refractivity contribution in [2.75, 3.05) is 0 Å². The zero-order valence-corrected chi connectivity index (χ0v) is 15.8. The Labute approximate surface area is 156 Å². The van der Waals surface area contributed by atoms with Crippen molar-refractivity contribution < 1.29 is 10.2 Å². The zero-order valence-electron chi connectivity index (χ0n) is 15.8. The summed E-state index contributed by atoms with van der Waals surface area (Å²) in [5, 5.41) is 21.4. The van der Waals surface area contributed by atoms with Gasteiger partial charge in [0, 0.05) is 11.5 Å². The molecule has 0 saturated carbocycles. The lowest BCUT2D eigenvalue weighted by Crippen LogP contribution is -2.21. The van der Waals surface area contributed by atoms with Crippen LogP contribution in [0.5, 0.6) is 11.5 Å². The van der Waals surface area contributed by atoms with Gasteiger partial charge in [0.15, 0.2) is 0 Å². The second-order valence-electron chi connectivity index (χ2n) is 7.70. The van der Waals surface area contributed by atoms with Crippen molar-refractivity contribution in [2.45, 2.75) is 39.5 Å². The van der Waals surface area contributed by atoms with E-state index in [9.17, 15) is 10.2 Å². The van der Waals surface area contributed by atoms with Gasteiger partial charge in [-0.15, -0.1) is 0 Å². The fourth-order valence-electron chi connectivity index (χ4n) is 3.97. The van der Waals surface area contributed by atoms with Crippen LogP contribution in [0.15, 0.2) is 54.1 Å². The van der Waals surface area contributed by atoms with Gasteiger partial charge in [-0.05, 0) is 54.9 Å². The van der Waals surface area contributed by atoms with E-state index in [1.54, 1.807) is 12.1 Å². The van der Waals surface area contributed by atoms with Gasteiger partial charge in [0.05, 0.1) is 0 Å². The van der Waals surface area contributed by atoms with Gasteiger partial charge in [-0.3, -0.25) is 0 Å². The summed E-state index contributed by atoms with van der Waals surface area (Å²) in [6.45, 7) is 6.57. The summed E-state index contributed by atoms with van der Waals surface area (Å²) >= 11 is 0. The molecule has 2 heteroatoms. The molecule has 136 valence electrons. The van der Waals surface area contributed by atoms with Crippen LogP contribution in [-0.2, 0) is 0 Å². The monoisotopic (exact) mass is 348 g/mol. The molecular weight excluding hydrogens is 320 g/mol. The van der Waals surface area contributed by atoms with E-state index in [0.29, 0.717) is 17.4 Å². The van der Waals surface area contributed by atoms with Gasteiger partial charge in [-0.2, -0.15) is 0 Å². The first kappa shape index (κ1) is 18.3. The minimum absolute atomic E-state index is 0.0657. The first-order valence-electron chi connectivity index (χ1n) is 9.42. The predicted octanol–water partition coefficient (Wildman–Crippen LogP) is 6.36. The third-order valence-electron chi connectivity index (χ3n) is 5.41. The number of rotatable bonds is 4. The average molecular weight is 348 g/mol. The summed E-state index contributed by atoms with van der Waals surface area (Å²) in [7, 11) is 0. The standard InChI is InChI=1S/C24H28O2/c1-16(2)20-12-9-17(3)13-21(20)24-22(25)14-19(15-23(24)26)11-10-18-7-5-4-6-8-18/h4-8,10-11,13-16,20-21,25-26H,9,12H2,1-3H3/b11-10+/t20?,21-/m1/s1. The molecule has 1 unspecified atom stereocenters. The second-order valence-corrected chi connectivity index (χ2v) is 7.70. The molecule has 2 atom stereocenters. The van der Waals surface area contributed by atoms with Crippen LogP contribution in [0.3, 0.4) is 0 Å². The van der Waals surface area contributed by atoms with E-state index in [4.69, 9.17) is 0 Å². The molecular formula is C24H28O2. The third kappa shape index (κ3) is 4.01. The molecule has 0 aliphatic heterocycles. The summed E-state index contributed by atoms with van der Waals surface area (Å²) in [6.07, 6.45) is 8.32. The molecule has 2 N–H and O–H groups in total. The van der Waals surface area contributed by atoms with Gasteiger partial charge >= 0.3 is 0 Å². The Hall–Kier alpha value is -2.48. The Morgan fingerprint density at radius 3 is 2.19 bits per heavy atom. The van der Waals surface area contributed by atoms with E-state index >= 15 is 0 Å². The van der Waals surface area contributed by atoms with Crippen LogP contribution in [0.1, 0.15) is 56.2 Å². The van der Waals surface area contributed by atoms with E-state index in [0.717, 1.165) is 24.0 Å². The molecule has 0 bridgehead atoms. The Balaban J connectivity index is 1.94. The first-order chi connectivity index (χ1) is 12.5. The molecule has 0 saturated heterocycles. The number of phenols is 2. The van der Waals surface area contributed by atoms with Gasteiger partial charge in [0.25, 0.3) is 0 Å². The van der Waals surface area contributed by atoms with E-state index in [1.807, 2.05) is 42.5 Å². The van der Waals surface area contributed by atoms with Gasteiger partial charge in [-0.1, -0.05) is 68.0 Å². The van der Waals surface area contributed by atoms with Gasteiger partial charge in [-0.25, -0.2) is 0 Å². The number of phenolic OH excluding ortho intramolecular Hbond substituents is 2. The number of benzene rings is 2. The quantitative estimate of drug-likeness (QED) is 0.498. The fourth-order valence-corrected chi connectivity index (χ4v) is 3.97. The molecule has 0 radical (unpaired) electrons. The minimum Gasteiger partial charge on any atom is -0.507 e. The van der Waals surface area contributed by atoms with Crippen LogP contribution >= 0.6 is 0 Å². The fraction of sp³-hybridized carbons (Fsp3) is 0.333. The van der Waals surface area contributed by atoms with Gasteiger partial charge in [0.2, 0.25) is 0 Å². The molecule has 1 aliphatic rings. The smallest absolute Gasteiger partial charge is 0.123 e. The number of hydrogen-bond acceptors (Lipinski definition) is 2. The summed E-state index contributed by atoms with van der Waals surface area (Å²) < 4.78 is 0. The molecule has 0 heterocycles. The Morgan fingerprint density at radius 1 is 0.962 bits per heavy atom. The molecule has 0 fully saturated rings. The van der Waals surface area contributed by atoms with Crippen molar-refractivity contribution in [3.8, 4) is 11.5 Å². The summed E-state index contributed by atoms with van der Waals surface area (Å²) in [6, 6.07) is 13.5. The van der Waals surface area contributed by atoms with Crippen molar-refractivity contribution in [1.82, 2.24) is 0 Å². The third-order valence-corrected chi connectivity index (χ3v) is 5.41. The van der Waals surface area contributed by atoms with Gasteiger partial charge < -0.3 is 10.2 Å². The van der Waals surface area contributed by atoms with E-state index < -0.39 is 0 Å². The maximum atomic E-state index is 10.7. The molecule has 0 amide bonds. The lowest BCUT2D eigenvalue weighted by atomic mass is 9.71. The molecule has 1 aliphatic carbocycles. The van der Waals surface area contributed by atoms with Crippen LogP contribution in [0.4, 0.5) is 0 Å². The highest BCUT2D eigenvalue weighted by molar-refractivity contribution is 5.72. The molecule has 0 spiro atoms. The summed E-state index contributed by atoms with van der Waals surface area (Å²) in [5.74, 6) is 1.36. The highest BCUT2D eigenvalue weighted by Gasteiger charge is 2.31. The maximum absolute atomic E-state index is 10.7.